The van der Waals surface area contributed by atoms with E-state index in [1.54, 1.807) is 4.90 Å². The number of rotatable bonds is 9. The predicted molar refractivity (Wildman–Crippen MR) is 138 cm³/mol. The van der Waals surface area contributed by atoms with Gasteiger partial charge in [-0.15, -0.1) is 24.0 Å². The Labute approximate surface area is 205 Å². The van der Waals surface area contributed by atoms with E-state index in [-0.39, 0.29) is 35.9 Å². The minimum Gasteiger partial charge on any atom is -0.357 e. The largest absolute Gasteiger partial charge is 0.357 e. The molecule has 1 atom stereocenters. The number of nitrogens with zero attached hydrogens (tertiary/aromatic N) is 6. The van der Waals surface area contributed by atoms with Gasteiger partial charge in [0, 0.05) is 66.1 Å². The summed E-state index contributed by atoms with van der Waals surface area (Å²) < 4.78 is 1.89. The van der Waals surface area contributed by atoms with Crippen LogP contribution in [0.1, 0.15) is 57.2 Å². The van der Waals surface area contributed by atoms with E-state index in [1.165, 1.54) is 5.56 Å². The third kappa shape index (κ3) is 7.93. The summed E-state index contributed by atoms with van der Waals surface area (Å²) in [4.78, 5) is 23.4. The molecule has 1 aromatic heterocycles. The lowest BCUT2D eigenvalue weighted by Crippen LogP contribution is -2.43. The molecule has 1 fully saturated rings. The highest BCUT2D eigenvalue weighted by Gasteiger charge is 2.31. The highest BCUT2D eigenvalue weighted by molar-refractivity contribution is 14.0. The quantitative estimate of drug-likeness (QED) is 0.223. The van der Waals surface area contributed by atoms with Gasteiger partial charge in [-0.1, -0.05) is 13.8 Å². The zero-order valence-corrected chi connectivity index (χ0v) is 22.7. The van der Waals surface area contributed by atoms with E-state index in [0.29, 0.717) is 5.92 Å². The maximum atomic E-state index is 12.4. The predicted octanol–water partition coefficient (Wildman–Crippen LogP) is 2.50. The third-order valence-electron chi connectivity index (χ3n) is 5.54. The van der Waals surface area contributed by atoms with Crippen LogP contribution in [0.3, 0.4) is 0 Å². The Morgan fingerprint density at radius 3 is 2.68 bits per heavy atom. The van der Waals surface area contributed by atoms with Crippen LogP contribution in [0.15, 0.2) is 11.2 Å². The van der Waals surface area contributed by atoms with Crippen molar-refractivity contribution in [2.45, 2.75) is 58.5 Å². The van der Waals surface area contributed by atoms with Crippen LogP contribution >= 0.6 is 24.0 Å². The number of hydrogen-bond acceptors (Lipinski definition) is 4. The second-order valence-corrected chi connectivity index (χ2v) is 8.74. The number of nitrogens with one attached hydrogen (secondary N) is 1. The number of carbonyl (C=O) groups excluding carboxylic acids is 1. The average molecular weight is 548 g/mol. The van der Waals surface area contributed by atoms with Gasteiger partial charge in [0.25, 0.3) is 0 Å². The molecule has 0 saturated carbocycles. The van der Waals surface area contributed by atoms with E-state index >= 15 is 0 Å². The number of aliphatic imine (C=N–C) groups is 1. The van der Waals surface area contributed by atoms with Crippen LogP contribution in [0.4, 0.5) is 0 Å². The lowest BCUT2D eigenvalue weighted by molar-refractivity contribution is -0.133. The van der Waals surface area contributed by atoms with Crippen molar-refractivity contribution in [3.63, 3.8) is 0 Å². The average Bonchev–Trinajstić information content (AvgIpc) is 3.29. The molecule has 1 aromatic rings. The summed E-state index contributed by atoms with van der Waals surface area (Å²) in [5.74, 6) is 1.53. The molecule has 1 aliphatic heterocycles. The van der Waals surface area contributed by atoms with Gasteiger partial charge in [-0.3, -0.25) is 19.4 Å². The number of amides is 1. The van der Waals surface area contributed by atoms with Gasteiger partial charge in [-0.2, -0.15) is 5.10 Å². The highest BCUT2D eigenvalue weighted by Crippen LogP contribution is 2.20. The van der Waals surface area contributed by atoms with Gasteiger partial charge in [-0.25, -0.2) is 0 Å². The topological polar surface area (TPSA) is 69.0 Å². The Morgan fingerprint density at radius 2 is 2.06 bits per heavy atom. The minimum absolute atomic E-state index is 0. The van der Waals surface area contributed by atoms with Crippen molar-refractivity contribution in [1.82, 2.24) is 29.8 Å². The monoisotopic (exact) mass is 547 g/mol. The number of guanidine groups is 1. The fraction of sp³-hybridized carbons (Fsp3) is 0.773. The van der Waals surface area contributed by atoms with Crippen molar-refractivity contribution in [3.05, 3.63) is 17.5 Å². The van der Waals surface area contributed by atoms with Crippen molar-refractivity contribution < 1.29 is 4.79 Å². The standard InChI is InChI=1S/C22H41N7O.HI/c1-8-23-22(27(6)15-18-16-28(7)25-20(18)17(2)3)24-12-10-14-29-13-9-11-19(29)21(30)26(4)5;/h16-17,19H,8-15H2,1-7H3,(H,23,24);1H. The van der Waals surface area contributed by atoms with Gasteiger partial charge < -0.3 is 15.1 Å². The molecule has 0 aromatic carbocycles. The van der Waals surface area contributed by atoms with Crippen molar-refractivity contribution >= 4 is 35.8 Å². The van der Waals surface area contributed by atoms with Gasteiger partial charge >= 0.3 is 0 Å². The molecule has 1 saturated heterocycles. The Balaban J connectivity index is 0.00000480. The van der Waals surface area contributed by atoms with Crippen LogP contribution in [-0.2, 0) is 18.4 Å². The zero-order valence-electron chi connectivity index (χ0n) is 20.4. The molecule has 31 heavy (non-hydrogen) atoms. The normalized spacial score (nSPS) is 17.0. The van der Waals surface area contributed by atoms with Crippen LogP contribution in [0.25, 0.3) is 0 Å². The summed E-state index contributed by atoms with van der Waals surface area (Å²) in [5.41, 5.74) is 2.38. The van der Waals surface area contributed by atoms with E-state index in [2.05, 4.69) is 54.2 Å². The molecular weight excluding hydrogens is 505 g/mol. The molecule has 178 valence electrons. The summed E-state index contributed by atoms with van der Waals surface area (Å²) in [6, 6.07) is 0.0416. The fourth-order valence-corrected chi connectivity index (χ4v) is 4.09. The number of aryl methyl sites for hydroxylation is 1. The highest BCUT2D eigenvalue weighted by atomic mass is 127. The maximum Gasteiger partial charge on any atom is 0.239 e. The van der Waals surface area contributed by atoms with Crippen LogP contribution in [-0.4, -0.2) is 89.7 Å². The number of aromatic nitrogens is 2. The third-order valence-corrected chi connectivity index (χ3v) is 5.54. The van der Waals surface area contributed by atoms with Gasteiger partial charge in [0.2, 0.25) is 5.91 Å². The van der Waals surface area contributed by atoms with E-state index in [4.69, 9.17) is 4.99 Å². The first-order valence-corrected chi connectivity index (χ1v) is 11.2. The molecule has 8 nitrogen and oxygen atoms in total. The summed E-state index contributed by atoms with van der Waals surface area (Å²) in [7, 11) is 7.73. The molecule has 0 aliphatic carbocycles. The number of likely N-dealkylation sites (tertiary alicyclic amines) is 1. The molecule has 1 N–H and O–H groups in total. The first kappa shape index (κ1) is 27.7. The van der Waals surface area contributed by atoms with Gasteiger partial charge in [0.15, 0.2) is 5.96 Å². The second-order valence-electron chi connectivity index (χ2n) is 8.74. The van der Waals surface area contributed by atoms with E-state index < -0.39 is 0 Å². The molecule has 1 amide bonds. The molecule has 2 rings (SSSR count). The molecule has 0 radical (unpaired) electrons. The molecule has 2 heterocycles. The minimum atomic E-state index is 0. The Kier molecular flexibility index (Phi) is 11.8. The molecule has 0 bridgehead atoms. The van der Waals surface area contributed by atoms with Crippen LogP contribution < -0.4 is 5.32 Å². The van der Waals surface area contributed by atoms with Crippen molar-refractivity contribution in [1.29, 1.82) is 0 Å². The van der Waals surface area contributed by atoms with Crippen LogP contribution in [0.2, 0.25) is 0 Å². The van der Waals surface area contributed by atoms with Crippen LogP contribution in [0.5, 0.6) is 0 Å². The van der Waals surface area contributed by atoms with Crippen molar-refractivity contribution in [2.75, 3.05) is 47.3 Å². The summed E-state index contributed by atoms with van der Waals surface area (Å²) >= 11 is 0. The van der Waals surface area contributed by atoms with E-state index in [0.717, 1.165) is 63.6 Å². The van der Waals surface area contributed by atoms with E-state index in [1.807, 2.05) is 25.8 Å². The smallest absolute Gasteiger partial charge is 0.239 e. The van der Waals surface area contributed by atoms with Gasteiger partial charge in [0.1, 0.15) is 0 Å². The number of halogens is 1. The SMILES string of the molecule is CCNC(=NCCCN1CCCC1C(=O)N(C)C)N(C)Cc1cn(C)nc1C(C)C.I. The Hall–Kier alpha value is -1.36. The van der Waals surface area contributed by atoms with Crippen molar-refractivity contribution in [2.24, 2.45) is 12.0 Å². The number of hydrogen-bond donors (Lipinski definition) is 1. The van der Waals surface area contributed by atoms with Gasteiger partial charge in [0.05, 0.1) is 11.7 Å². The first-order valence-electron chi connectivity index (χ1n) is 11.2. The summed E-state index contributed by atoms with van der Waals surface area (Å²) in [6.07, 6.45) is 5.12. The van der Waals surface area contributed by atoms with Gasteiger partial charge in [-0.05, 0) is 38.6 Å². The second kappa shape index (κ2) is 13.2. The summed E-state index contributed by atoms with van der Waals surface area (Å²) in [6.45, 7) is 10.7. The number of carbonyl (C=O) groups is 1. The molecule has 0 spiro atoms. The lowest BCUT2D eigenvalue weighted by Gasteiger charge is -2.26. The van der Waals surface area contributed by atoms with Crippen LogP contribution in [0, 0.1) is 0 Å². The van der Waals surface area contributed by atoms with E-state index in [9.17, 15) is 4.79 Å². The molecular formula is C22H42IN7O. The molecule has 1 aliphatic rings. The Morgan fingerprint density at radius 1 is 1.35 bits per heavy atom. The lowest BCUT2D eigenvalue weighted by atomic mass is 10.1. The summed E-state index contributed by atoms with van der Waals surface area (Å²) in [5, 5.41) is 8.02. The molecule has 1 unspecified atom stereocenters. The zero-order chi connectivity index (χ0) is 22.3. The Bertz CT molecular complexity index is 717. The number of likely N-dealkylation sites (N-methyl/N-ethyl adjacent to an activating group) is 1. The fourth-order valence-electron chi connectivity index (χ4n) is 4.09. The first-order chi connectivity index (χ1) is 14.2. The van der Waals surface area contributed by atoms with Crippen molar-refractivity contribution in [3.8, 4) is 0 Å². The molecule has 9 heteroatoms. The maximum absolute atomic E-state index is 12.4.